The number of nitrogens with zero attached hydrogens (tertiary/aromatic N) is 1. The molecule has 15 heavy (non-hydrogen) atoms. The van der Waals surface area contributed by atoms with Crippen LogP contribution in [0.3, 0.4) is 0 Å². The van der Waals surface area contributed by atoms with Crippen molar-refractivity contribution in [3.63, 3.8) is 0 Å². The van der Waals surface area contributed by atoms with Crippen LogP contribution in [0.1, 0.15) is 39.0 Å². The summed E-state index contributed by atoms with van der Waals surface area (Å²) in [4.78, 5) is 2.58. The molecule has 1 unspecified atom stereocenters. The maximum absolute atomic E-state index is 3.81. The van der Waals surface area contributed by atoms with Gasteiger partial charge in [-0.15, -0.1) is 0 Å². The van der Waals surface area contributed by atoms with Gasteiger partial charge in [-0.3, -0.25) is 0 Å². The average molecular weight is 208 g/mol. The van der Waals surface area contributed by atoms with Gasteiger partial charge in [-0.1, -0.05) is 19.1 Å². The summed E-state index contributed by atoms with van der Waals surface area (Å²) in [5.41, 5.74) is 0. The van der Waals surface area contributed by atoms with E-state index in [1.165, 1.54) is 51.7 Å². The molecule has 1 atom stereocenters. The molecule has 86 valence electrons. The molecule has 1 fully saturated rings. The van der Waals surface area contributed by atoms with Crippen LogP contribution in [0.5, 0.6) is 0 Å². The molecule has 1 N–H and O–H groups in total. The normalized spacial score (nSPS) is 29.5. The van der Waals surface area contributed by atoms with E-state index in [1.54, 1.807) is 0 Å². The molecule has 1 aliphatic heterocycles. The second-order valence-corrected chi connectivity index (χ2v) is 4.87. The monoisotopic (exact) mass is 208 g/mol. The van der Waals surface area contributed by atoms with Gasteiger partial charge in [0.05, 0.1) is 0 Å². The van der Waals surface area contributed by atoms with Gasteiger partial charge in [0, 0.05) is 12.1 Å². The molecule has 0 aromatic heterocycles. The van der Waals surface area contributed by atoms with Crippen LogP contribution in [0.25, 0.3) is 0 Å². The zero-order chi connectivity index (χ0) is 10.5. The average Bonchev–Trinajstić information content (AvgIpc) is 2.64. The Kier molecular flexibility index (Phi) is 4.21. The largest absolute Gasteiger partial charge is 0.311 e. The smallest absolute Gasteiger partial charge is 0.0139 e. The molecular formula is C13H24N2. The number of hydrogen-bond donors (Lipinski definition) is 1. The van der Waals surface area contributed by atoms with Crippen LogP contribution in [0, 0.1) is 0 Å². The van der Waals surface area contributed by atoms with Crippen LogP contribution in [-0.2, 0) is 0 Å². The van der Waals surface area contributed by atoms with Gasteiger partial charge in [0.15, 0.2) is 0 Å². The molecule has 0 bridgehead atoms. The highest BCUT2D eigenvalue weighted by atomic mass is 15.1. The van der Waals surface area contributed by atoms with Gasteiger partial charge in [0.25, 0.3) is 0 Å². The summed E-state index contributed by atoms with van der Waals surface area (Å²) in [7, 11) is 0. The minimum absolute atomic E-state index is 0.739. The van der Waals surface area contributed by atoms with Gasteiger partial charge in [0.2, 0.25) is 0 Å². The highest BCUT2D eigenvalue weighted by Crippen LogP contribution is 2.15. The first-order chi connectivity index (χ1) is 7.38. The molecule has 1 saturated heterocycles. The predicted molar refractivity (Wildman–Crippen MR) is 65.1 cm³/mol. The lowest BCUT2D eigenvalue weighted by atomic mass is 10.1. The molecule has 0 amide bonds. The Morgan fingerprint density at radius 3 is 2.67 bits per heavy atom. The second-order valence-electron chi connectivity index (χ2n) is 4.87. The van der Waals surface area contributed by atoms with E-state index in [4.69, 9.17) is 0 Å². The zero-order valence-corrected chi connectivity index (χ0v) is 9.91. The van der Waals surface area contributed by atoms with Gasteiger partial charge in [0.1, 0.15) is 0 Å². The lowest BCUT2D eigenvalue weighted by Gasteiger charge is -2.22. The Bertz CT molecular complexity index is 205. The van der Waals surface area contributed by atoms with Crippen LogP contribution < -0.4 is 5.32 Å². The van der Waals surface area contributed by atoms with Crippen molar-refractivity contribution < 1.29 is 0 Å². The lowest BCUT2D eigenvalue weighted by molar-refractivity contribution is 0.295. The lowest BCUT2D eigenvalue weighted by Crippen LogP contribution is -2.37. The molecular weight excluding hydrogens is 184 g/mol. The molecule has 2 rings (SSSR count). The highest BCUT2D eigenvalue weighted by Gasteiger charge is 2.19. The zero-order valence-electron chi connectivity index (χ0n) is 9.91. The SMILES string of the molecule is CCN1CCCC(NC2CC=CC2)CC1. The first-order valence-electron chi connectivity index (χ1n) is 6.52. The fourth-order valence-corrected chi connectivity index (χ4v) is 2.73. The van der Waals surface area contributed by atoms with Crippen LogP contribution in [0.2, 0.25) is 0 Å². The number of likely N-dealkylation sites (tertiary alicyclic amines) is 1. The maximum Gasteiger partial charge on any atom is 0.0139 e. The first kappa shape index (κ1) is 11.2. The Labute approximate surface area is 93.7 Å². The molecule has 2 heteroatoms. The standard InChI is InChI=1S/C13H24N2/c1-2-15-10-5-8-13(9-11-15)14-12-6-3-4-7-12/h3-4,12-14H,2,5-11H2,1H3. The summed E-state index contributed by atoms with van der Waals surface area (Å²) in [6.07, 6.45) is 11.2. The fraction of sp³-hybridized carbons (Fsp3) is 0.846. The topological polar surface area (TPSA) is 15.3 Å². The summed E-state index contributed by atoms with van der Waals surface area (Å²) in [6, 6.07) is 1.51. The summed E-state index contributed by atoms with van der Waals surface area (Å²) < 4.78 is 0. The highest BCUT2D eigenvalue weighted by molar-refractivity contribution is 4.98. The molecule has 0 radical (unpaired) electrons. The van der Waals surface area contributed by atoms with E-state index in [-0.39, 0.29) is 0 Å². The molecule has 2 nitrogen and oxygen atoms in total. The number of rotatable bonds is 3. The van der Waals surface area contributed by atoms with Crippen molar-refractivity contribution in [1.82, 2.24) is 10.2 Å². The van der Waals surface area contributed by atoms with E-state index in [1.807, 2.05) is 0 Å². The Hall–Kier alpha value is -0.340. The number of hydrogen-bond acceptors (Lipinski definition) is 2. The minimum Gasteiger partial charge on any atom is -0.311 e. The van der Waals surface area contributed by atoms with Crippen molar-refractivity contribution in [2.24, 2.45) is 0 Å². The van der Waals surface area contributed by atoms with Crippen molar-refractivity contribution in [1.29, 1.82) is 0 Å². The van der Waals surface area contributed by atoms with Crippen molar-refractivity contribution in [2.45, 2.75) is 51.1 Å². The van der Waals surface area contributed by atoms with E-state index in [9.17, 15) is 0 Å². The third-order valence-electron chi connectivity index (χ3n) is 3.75. The van der Waals surface area contributed by atoms with Gasteiger partial charge in [-0.05, 0) is 51.7 Å². The van der Waals surface area contributed by atoms with Crippen molar-refractivity contribution in [3.05, 3.63) is 12.2 Å². The van der Waals surface area contributed by atoms with Crippen LogP contribution in [0.15, 0.2) is 12.2 Å². The van der Waals surface area contributed by atoms with E-state index in [0.29, 0.717) is 0 Å². The van der Waals surface area contributed by atoms with Gasteiger partial charge < -0.3 is 10.2 Å². The minimum atomic E-state index is 0.739. The van der Waals surface area contributed by atoms with Gasteiger partial charge in [-0.2, -0.15) is 0 Å². The molecule has 0 aromatic carbocycles. The first-order valence-corrected chi connectivity index (χ1v) is 6.52. The second kappa shape index (κ2) is 5.66. The molecule has 0 spiro atoms. The van der Waals surface area contributed by atoms with Crippen LogP contribution in [0.4, 0.5) is 0 Å². The Morgan fingerprint density at radius 1 is 1.13 bits per heavy atom. The van der Waals surface area contributed by atoms with E-state index < -0.39 is 0 Å². The van der Waals surface area contributed by atoms with Gasteiger partial charge in [-0.25, -0.2) is 0 Å². The number of nitrogens with one attached hydrogen (secondary N) is 1. The quantitative estimate of drug-likeness (QED) is 0.715. The third-order valence-corrected chi connectivity index (χ3v) is 3.75. The molecule has 1 heterocycles. The molecule has 0 saturated carbocycles. The predicted octanol–water partition coefficient (Wildman–Crippen LogP) is 2.17. The third kappa shape index (κ3) is 3.32. The Balaban J connectivity index is 1.73. The molecule has 0 aromatic rings. The summed E-state index contributed by atoms with van der Waals surface area (Å²) in [5, 5.41) is 3.81. The summed E-state index contributed by atoms with van der Waals surface area (Å²) in [6.45, 7) is 6.08. The molecule has 2 aliphatic rings. The van der Waals surface area contributed by atoms with Crippen molar-refractivity contribution in [3.8, 4) is 0 Å². The van der Waals surface area contributed by atoms with Crippen molar-refractivity contribution in [2.75, 3.05) is 19.6 Å². The summed E-state index contributed by atoms with van der Waals surface area (Å²) in [5.74, 6) is 0. The van der Waals surface area contributed by atoms with E-state index >= 15 is 0 Å². The molecule has 1 aliphatic carbocycles. The Morgan fingerprint density at radius 2 is 1.93 bits per heavy atom. The summed E-state index contributed by atoms with van der Waals surface area (Å²) >= 11 is 0. The van der Waals surface area contributed by atoms with E-state index in [2.05, 4.69) is 29.3 Å². The van der Waals surface area contributed by atoms with Crippen LogP contribution in [-0.4, -0.2) is 36.6 Å². The van der Waals surface area contributed by atoms with Crippen molar-refractivity contribution >= 4 is 0 Å². The van der Waals surface area contributed by atoms with Crippen LogP contribution >= 0.6 is 0 Å². The van der Waals surface area contributed by atoms with Gasteiger partial charge >= 0.3 is 0 Å². The maximum atomic E-state index is 3.81. The van der Waals surface area contributed by atoms with E-state index in [0.717, 1.165) is 12.1 Å². The fourth-order valence-electron chi connectivity index (χ4n) is 2.73.